The summed E-state index contributed by atoms with van der Waals surface area (Å²) in [7, 11) is 1.99. The molecule has 4 rings (SSSR count). The van der Waals surface area contributed by atoms with E-state index in [1.165, 1.54) is 18.5 Å². The normalized spacial score (nSPS) is 19.3. The standard InChI is InChI=1S/C16H18N4O/c1-19-13(9-10-17-19)14-7-4-5-11-20(14)16-18-12-6-2-3-8-15(12)21-16/h2-3,6,8-10,14H,4-5,7,11H2,1H3. The van der Waals surface area contributed by atoms with Crippen molar-refractivity contribution in [1.29, 1.82) is 0 Å². The van der Waals surface area contributed by atoms with E-state index in [9.17, 15) is 0 Å². The fourth-order valence-electron chi connectivity index (χ4n) is 3.16. The Morgan fingerprint density at radius 2 is 2.10 bits per heavy atom. The van der Waals surface area contributed by atoms with E-state index in [2.05, 4.69) is 21.0 Å². The molecule has 1 saturated heterocycles. The Kier molecular flexibility index (Phi) is 2.91. The van der Waals surface area contributed by atoms with Gasteiger partial charge in [0, 0.05) is 19.8 Å². The van der Waals surface area contributed by atoms with Gasteiger partial charge in [0.15, 0.2) is 5.58 Å². The highest BCUT2D eigenvalue weighted by Crippen LogP contribution is 2.35. The van der Waals surface area contributed by atoms with Crippen LogP contribution in [0.5, 0.6) is 0 Å². The van der Waals surface area contributed by atoms with Gasteiger partial charge in [0.05, 0.1) is 11.7 Å². The summed E-state index contributed by atoms with van der Waals surface area (Å²) < 4.78 is 7.91. The van der Waals surface area contributed by atoms with Crippen molar-refractivity contribution < 1.29 is 4.42 Å². The van der Waals surface area contributed by atoms with Crippen LogP contribution in [-0.2, 0) is 7.05 Å². The number of hydrogen-bond acceptors (Lipinski definition) is 4. The first kappa shape index (κ1) is 12.4. The molecule has 0 saturated carbocycles. The lowest BCUT2D eigenvalue weighted by atomic mass is 10.00. The molecule has 0 radical (unpaired) electrons. The molecule has 0 spiro atoms. The Labute approximate surface area is 123 Å². The Morgan fingerprint density at radius 3 is 2.90 bits per heavy atom. The molecule has 1 aliphatic rings. The summed E-state index contributed by atoms with van der Waals surface area (Å²) in [5.74, 6) is 0. The van der Waals surface area contributed by atoms with Crippen LogP contribution in [-0.4, -0.2) is 21.3 Å². The maximum Gasteiger partial charge on any atom is 0.298 e. The third kappa shape index (κ3) is 2.09. The van der Waals surface area contributed by atoms with Crippen LogP contribution in [0.25, 0.3) is 11.1 Å². The Bertz CT molecular complexity index is 727. The highest BCUT2D eigenvalue weighted by molar-refractivity contribution is 5.74. The van der Waals surface area contributed by atoms with Gasteiger partial charge in [-0.05, 0) is 37.5 Å². The topological polar surface area (TPSA) is 47.1 Å². The monoisotopic (exact) mass is 282 g/mol. The summed E-state index contributed by atoms with van der Waals surface area (Å²) in [6.45, 7) is 0.975. The van der Waals surface area contributed by atoms with E-state index in [-0.39, 0.29) is 0 Å². The predicted molar refractivity (Wildman–Crippen MR) is 81.2 cm³/mol. The highest BCUT2D eigenvalue weighted by Gasteiger charge is 2.29. The van der Waals surface area contributed by atoms with Crippen LogP contribution in [0.15, 0.2) is 40.9 Å². The van der Waals surface area contributed by atoms with Crippen LogP contribution < -0.4 is 4.90 Å². The molecule has 0 bridgehead atoms. The van der Waals surface area contributed by atoms with Crippen molar-refractivity contribution in [1.82, 2.24) is 14.8 Å². The third-order valence-corrected chi connectivity index (χ3v) is 4.23. The van der Waals surface area contributed by atoms with Crippen LogP contribution in [0.3, 0.4) is 0 Å². The molecule has 1 fully saturated rings. The zero-order chi connectivity index (χ0) is 14.2. The average Bonchev–Trinajstić information content (AvgIpc) is 3.13. The van der Waals surface area contributed by atoms with Crippen molar-refractivity contribution in [3.63, 3.8) is 0 Å². The fraction of sp³-hybridized carbons (Fsp3) is 0.375. The number of fused-ring (bicyclic) bond motifs is 1. The van der Waals surface area contributed by atoms with Crippen LogP contribution in [0.1, 0.15) is 31.0 Å². The Hall–Kier alpha value is -2.30. The van der Waals surface area contributed by atoms with Crippen molar-refractivity contribution in [3.8, 4) is 0 Å². The van der Waals surface area contributed by atoms with Gasteiger partial charge in [0.2, 0.25) is 0 Å². The minimum atomic E-state index is 0.291. The maximum atomic E-state index is 5.96. The highest BCUT2D eigenvalue weighted by atomic mass is 16.4. The SMILES string of the molecule is Cn1nccc1C1CCCCN1c1nc2ccccc2o1. The molecular weight excluding hydrogens is 264 g/mol. The van der Waals surface area contributed by atoms with Gasteiger partial charge in [-0.25, -0.2) is 0 Å². The number of hydrogen-bond donors (Lipinski definition) is 0. The number of aryl methyl sites for hydroxylation is 1. The number of para-hydroxylation sites is 2. The van der Waals surface area contributed by atoms with E-state index >= 15 is 0 Å². The van der Waals surface area contributed by atoms with E-state index in [4.69, 9.17) is 4.42 Å². The summed E-state index contributed by atoms with van der Waals surface area (Å²) in [5, 5.41) is 4.30. The molecule has 5 nitrogen and oxygen atoms in total. The molecule has 0 amide bonds. The fourth-order valence-corrected chi connectivity index (χ4v) is 3.16. The van der Waals surface area contributed by atoms with Crippen molar-refractivity contribution >= 4 is 17.1 Å². The van der Waals surface area contributed by atoms with E-state index < -0.39 is 0 Å². The van der Waals surface area contributed by atoms with Crippen LogP contribution in [0, 0.1) is 0 Å². The minimum absolute atomic E-state index is 0.291. The molecule has 3 heterocycles. The molecule has 1 aromatic carbocycles. The second kappa shape index (κ2) is 4.91. The van der Waals surface area contributed by atoms with Crippen LogP contribution in [0.2, 0.25) is 0 Å². The molecule has 5 heteroatoms. The quantitative estimate of drug-likeness (QED) is 0.723. The first-order valence-electron chi connectivity index (χ1n) is 7.43. The molecule has 108 valence electrons. The summed E-state index contributed by atoms with van der Waals surface area (Å²) in [6.07, 6.45) is 5.37. The Morgan fingerprint density at radius 1 is 1.19 bits per heavy atom. The molecule has 1 unspecified atom stereocenters. The second-order valence-corrected chi connectivity index (χ2v) is 5.55. The van der Waals surface area contributed by atoms with E-state index in [0.29, 0.717) is 6.04 Å². The zero-order valence-corrected chi connectivity index (χ0v) is 12.1. The van der Waals surface area contributed by atoms with Crippen LogP contribution >= 0.6 is 0 Å². The number of oxazole rings is 1. The summed E-state index contributed by atoms with van der Waals surface area (Å²) in [4.78, 5) is 6.93. The van der Waals surface area contributed by atoms with Crippen molar-refractivity contribution in [2.45, 2.75) is 25.3 Å². The first-order chi connectivity index (χ1) is 10.3. The smallest absolute Gasteiger partial charge is 0.298 e. The van der Waals surface area contributed by atoms with Gasteiger partial charge in [0.1, 0.15) is 5.52 Å². The zero-order valence-electron chi connectivity index (χ0n) is 12.1. The minimum Gasteiger partial charge on any atom is -0.423 e. The number of anilines is 1. The lowest BCUT2D eigenvalue weighted by Crippen LogP contribution is -2.34. The number of piperidine rings is 1. The van der Waals surface area contributed by atoms with E-state index in [1.54, 1.807) is 0 Å². The first-order valence-corrected chi connectivity index (χ1v) is 7.43. The molecule has 21 heavy (non-hydrogen) atoms. The number of benzene rings is 1. The van der Waals surface area contributed by atoms with Gasteiger partial charge < -0.3 is 9.32 Å². The number of aromatic nitrogens is 3. The van der Waals surface area contributed by atoms with Crippen molar-refractivity contribution in [2.24, 2.45) is 7.05 Å². The maximum absolute atomic E-state index is 5.96. The number of nitrogens with zero attached hydrogens (tertiary/aromatic N) is 4. The van der Waals surface area contributed by atoms with Gasteiger partial charge >= 0.3 is 0 Å². The summed E-state index contributed by atoms with van der Waals surface area (Å²) in [5.41, 5.74) is 2.99. The van der Waals surface area contributed by atoms with Crippen molar-refractivity contribution in [2.75, 3.05) is 11.4 Å². The molecule has 0 N–H and O–H groups in total. The van der Waals surface area contributed by atoms with Gasteiger partial charge in [-0.1, -0.05) is 12.1 Å². The molecular formula is C16H18N4O. The molecule has 3 aromatic rings. The lowest BCUT2D eigenvalue weighted by Gasteiger charge is -2.34. The van der Waals surface area contributed by atoms with Crippen molar-refractivity contribution in [3.05, 3.63) is 42.2 Å². The van der Waals surface area contributed by atoms with Gasteiger partial charge in [-0.2, -0.15) is 10.1 Å². The third-order valence-electron chi connectivity index (χ3n) is 4.23. The molecule has 1 atom stereocenters. The van der Waals surface area contributed by atoms with Gasteiger partial charge in [0.25, 0.3) is 6.01 Å². The lowest BCUT2D eigenvalue weighted by molar-refractivity contribution is 0.417. The summed E-state index contributed by atoms with van der Waals surface area (Å²) in [6, 6.07) is 11.0. The Balaban J connectivity index is 1.75. The predicted octanol–water partition coefficient (Wildman–Crippen LogP) is 3.29. The van der Waals surface area contributed by atoms with E-state index in [0.717, 1.165) is 30.1 Å². The van der Waals surface area contributed by atoms with Gasteiger partial charge in [-0.3, -0.25) is 4.68 Å². The molecule has 0 aliphatic carbocycles. The summed E-state index contributed by atoms with van der Waals surface area (Å²) >= 11 is 0. The molecule has 2 aromatic heterocycles. The second-order valence-electron chi connectivity index (χ2n) is 5.55. The largest absolute Gasteiger partial charge is 0.423 e. The van der Waals surface area contributed by atoms with E-state index in [1.807, 2.05) is 42.2 Å². The molecule has 1 aliphatic heterocycles. The number of rotatable bonds is 2. The average molecular weight is 282 g/mol. The van der Waals surface area contributed by atoms with Gasteiger partial charge in [-0.15, -0.1) is 0 Å². The van der Waals surface area contributed by atoms with Crippen LogP contribution in [0.4, 0.5) is 6.01 Å².